The highest BCUT2D eigenvalue weighted by molar-refractivity contribution is 6.03. The number of ether oxygens (including phenoxy) is 2. The van der Waals surface area contributed by atoms with Crippen molar-refractivity contribution in [3.05, 3.63) is 30.1 Å². The lowest BCUT2D eigenvalue weighted by atomic mass is 10.1. The van der Waals surface area contributed by atoms with E-state index in [-0.39, 0.29) is 30.0 Å². The van der Waals surface area contributed by atoms with Crippen molar-refractivity contribution < 1.29 is 14.3 Å². The number of benzene rings is 1. The quantitative estimate of drug-likeness (QED) is 0.838. The van der Waals surface area contributed by atoms with Crippen molar-refractivity contribution in [1.82, 2.24) is 20.3 Å². The number of halogens is 1. The molecule has 2 aromatic rings. The van der Waals surface area contributed by atoms with E-state index in [0.717, 1.165) is 25.9 Å². The minimum atomic E-state index is -0.332. The summed E-state index contributed by atoms with van der Waals surface area (Å²) in [5, 5.41) is 14.2. The number of carbonyl (C=O) groups is 1. The second-order valence-corrected chi connectivity index (χ2v) is 5.59. The van der Waals surface area contributed by atoms with Crippen molar-refractivity contribution in [3.8, 4) is 11.5 Å². The summed E-state index contributed by atoms with van der Waals surface area (Å²) in [5.41, 5.74) is 0.802. The number of nitrogens with zero attached hydrogens (tertiary/aromatic N) is 3. The third kappa shape index (κ3) is 4.40. The average molecular weight is 368 g/mol. The Morgan fingerprint density at radius 2 is 2.04 bits per heavy atom. The Labute approximate surface area is 152 Å². The summed E-state index contributed by atoms with van der Waals surface area (Å²) in [5.74, 6) is 0.848. The van der Waals surface area contributed by atoms with Crippen molar-refractivity contribution in [2.45, 2.75) is 18.9 Å². The highest BCUT2D eigenvalue weighted by atomic mass is 35.5. The molecule has 2 heterocycles. The van der Waals surface area contributed by atoms with Crippen LogP contribution < -0.4 is 20.1 Å². The summed E-state index contributed by atoms with van der Waals surface area (Å²) in [6.07, 6.45) is 3.65. The van der Waals surface area contributed by atoms with Crippen LogP contribution in [0.5, 0.6) is 11.5 Å². The van der Waals surface area contributed by atoms with E-state index >= 15 is 0 Å². The summed E-state index contributed by atoms with van der Waals surface area (Å²) in [6, 6.07) is 5.49. The van der Waals surface area contributed by atoms with Crippen LogP contribution in [0.1, 0.15) is 29.4 Å². The molecule has 0 aliphatic carbocycles. The van der Waals surface area contributed by atoms with Crippen molar-refractivity contribution >= 4 is 24.0 Å². The molecule has 2 N–H and O–H groups in total. The molecule has 1 aromatic heterocycles. The van der Waals surface area contributed by atoms with Crippen LogP contribution in [-0.2, 0) is 0 Å². The maximum atomic E-state index is 12.4. The maximum Gasteiger partial charge on any atom is 0.277 e. The number of rotatable bonds is 5. The molecule has 0 saturated carbocycles. The van der Waals surface area contributed by atoms with Gasteiger partial charge in [0, 0.05) is 6.07 Å². The fourth-order valence-corrected chi connectivity index (χ4v) is 2.73. The molecule has 0 atom stereocenters. The molecule has 1 saturated heterocycles. The summed E-state index contributed by atoms with van der Waals surface area (Å²) >= 11 is 0. The third-order valence-electron chi connectivity index (χ3n) is 4.08. The lowest BCUT2D eigenvalue weighted by molar-refractivity contribution is 0.102. The molecule has 25 heavy (non-hydrogen) atoms. The molecule has 136 valence electrons. The molecule has 1 aliphatic heterocycles. The number of hydrogen-bond donors (Lipinski definition) is 2. The molecule has 3 rings (SSSR count). The molecular formula is C16H22ClN5O3. The number of methoxy groups -OCH3 is 2. The lowest BCUT2D eigenvalue weighted by Crippen LogP contribution is -2.29. The van der Waals surface area contributed by atoms with E-state index in [4.69, 9.17) is 9.47 Å². The summed E-state index contributed by atoms with van der Waals surface area (Å²) in [7, 11) is 3.11. The fraction of sp³-hybridized carbons (Fsp3) is 0.438. The van der Waals surface area contributed by atoms with Crippen molar-refractivity contribution in [2.75, 3.05) is 32.6 Å². The number of piperidine rings is 1. The highest BCUT2D eigenvalue weighted by Crippen LogP contribution is 2.29. The van der Waals surface area contributed by atoms with Crippen LogP contribution in [0.4, 0.5) is 5.69 Å². The van der Waals surface area contributed by atoms with Gasteiger partial charge in [-0.25, -0.2) is 4.68 Å². The predicted octanol–water partition coefficient (Wildman–Crippen LogP) is 1.89. The third-order valence-corrected chi connectivity index (χ3v) is 4.08. The summed E-state index contributed by atoms with van der Waals surface area (Å²) in [4.78, 5) is 12.4. The van der Waals surface area contributed by atoms with E-state index in [2.05, 4.69) is 20.9 Å². The van der Waals surface area contributed by atoms with Gasteiger partial charge in [-0.1, -0.05) is 5.21 Å². The first-order chi connectivity index (χ1) is 11.7. The zero-order valence-corrected chi connectivity index (χ0v) is 15.0. The number of carbonyl (C=O) groups excluding carboxylic acids is 1. The standard InChI is InChI=1S/C16H21N5O3.ClH/c1-23-12-3-4-15(24-2)13(9-12)18-16(22)14-10-21(20-19-14)11-5-7-17-8-6-11;/h3-4,9-11,17H,5-8H2,1-2H3,(H,18,22);1H. The largest absolute Gasteiger partial charge is 0.497 e. The topological polar surface area (TPSA) is 90.3 Å². The van der Waals surface area contributed by atoms with Gasteiger partial charge in [-0.05, 0) is 38.1 Å². The molecule has 0 bridgehead atoms. The normalized spacial score (nSPS) is 14.5. The fourth-order valence-electron chi connectivity index (χ4n) is 2.73. The Bertz CT molecular complexity index is 716. The van der Waals surface area contributed by atoms with E-state index < -0.39 is 0 Å². The first kappa shape index (κ1) is 19.0. The Morgan fingerprint density at radius 1 is 1.28 bits per heavy atom. The number of nitrogens with one attached hydrogen (secondary N) is 2. The first-order valence-electron chi connectivity index (χ1n) is 7.87. The molecule has 0 radical (unpaired) electrons. The monoisotopic (exact) mass is 367 g/mol. The Morgan fingerprint density at radius 3 is 2.72 bits per heavy atom. The van der Waals surface area contributed by atoms with Crippen LogP contribution >= 0.6 is 12.4 Å². The van der Waals surface area contributed by atoms with E-state index in [0.29, 0.717) is 17.2 Å². The predicted molar refractivity (Wildman–Crippen MR) is 95.9 cm³/mol. The zero-order valence-electron chi connectivity index (χ0n) is 14.2. The molecule has 1 fully saturated rings. The lowest BCUT2D eigenvalue weighted by Gasteiger charge is -2.22. The van der Waals surface area contributed by atoms with Gasteiger partial charge >= 0.3 is 0 Å². The maximum absolute atomic E-state index is 12.4. The minimum Gasteiger partial charge on any atom is -0.497 e. The molecular weight excluding hydrogens is 346 g/mol. The second-order valence-electron chi connectivity index (χ2n) is 5.59. The molecule has 1 amide bonds. The minimum absolute atomic E-state index is 0. The van der Waals surface area contributed by atoms with Gasteiger partial charge in [0.05, 0.1) is 32.1 Å². The number of aromatic nitrogens is 3. The van der Waals surface area contributed by atoms with Crippen LogP contribution in [0.2, 0.25) is 0 Å². The van der Waals surface area contributed by atoms with E-state index in [1.807, 2.05) is 0 Å². The van der Waals surface area contributed by atoms with Gasteiger partial charge in [0.1, 0.15) is 11.5 Å². The van der Waals surface area contributed by atoms with Gasteiger partial charge in [0.25, 0.3) is 5.91 Å². The highest BCUT2D eigenvalue weighted by Gasteiger charge is 2.19. The van der Waals surface area contributed by atoms with Crippen molar-refractivity contribution in [1.29, 1.82) is 0 Å². The molecule has 1 aromatic carbocycles. The summed E-state index contributed by atoms with van der Waals surface area (Å²) in [6.45, 7) is 1.90. The van der Waals surface area contributed by atoms with Crippen LogP contribution in [0, 0.1) is 0 Å². The molecule has 1 aliphatic rings. The van der Waals surface area contributed by atoms with Crippen molar-refractivity contribution in [2.24, 2.45) is 0 Å². The SMILES string of the molecule is COc1ccc(OC)c(NC(=O)c2cn(C3CCNCC3)nn2)c1.Cl. The molecule has 0 unspecified atom stereocenters. The number of anilines is 1. The first-order valence-corrected chi connectivity index (χ1v) is 7.87. The number of amides is 1. The van der Waals surface area contributed by atoms with Crippen LogP contribution in [0.15, 0.2) is 24.4 Å². The number of hydrogen-bond acceptors (Lipinski definition) is 6. The van der Waals surface area contributed by atoms with Gasteiger partial charge in [-0.2, -0.15) is 0 Å². The van der Waals surface area contributed by atoms with E-state index in [1.165, 1.54) is 0 Å². The zero-order chi connectivity index (χ0) is 16.9. The smallest absolute Gasteiger partial charge is 0.277 e. The molecule has 9 heteroatoms. The molecule has 8 nitrogen and oxygen atoms in total. The van der Waals surface area contributed by atoms with Crippen LogP contribution in [0.3, 0.4) is 0 Å². The average Bonchev–Trinajstić information content (AvgIpc) is 3.12. The van der Waals surface area contributed by atoms with Gasteiger partial charge in [0.2, 0.25) is 0 Å². The van der Waals surface area contributed by atoms with E-state index in [9.17, 15) is 4.79 Å². The van der Waals surface area contributed by atoms with Gasteiger partial charge in [0.15, 0.2) is 5.69 Å². The van der Waals surface area contributed by atoms with Gasteiger partial charge in [-0.15, -0.1) is 17.5 Å². The van der Waals surface area contributed by atoms with E-state index in [1.54, 1.807) is 43.3 Å². The van der Waals surface area contributed by atoms with Gasteiger partial charge in [-0.3, -0.25) is 4.79 Å². The molecule has 0 spiro atoms. The summed E-state index contributed by atoms with van der Waals surface area (Å²) < 4.78 is 12.2. The Balaban J connectivity index is 0.00000225. The van der Waals surface area contributed by atoms with Crippen LogP contribution in [0.25, 0.3) is 0 Å². The van der Waals surface area contributed by atoms with Crippen LogP contribution in [-0.4, -0.2) is 48.2 Å². The van der Waals surface area contributed by atoms with Crippen molar-refractivity contribution in [3.63, 3.8) is 0 Å². The second kappa shape index (κ2) is 8.68. The Hall–Kier alpha value is -2.32. The van der Waals surface area contributed by atoms with Gasteiger partial charge < -0.3 is 20.1 Å². The Kier molecular flexibility index (Phi) is 6.60.